The molecule has 2 aromatic heterocycles. The molecule has 9 aromatic rings. The first kappa shape index (κ1) is 27.7. The highest BCUT2D eigenvalue weighted by molar-refractivity contribution is 6.16. The molecule has 0 fully saturated rings. The van der Waals surface area contributed by atoms with E-state index < -0.39 is 0 Å². The Hall–Kier alpha value is -6.25. The van der Waals surface area contributed by atoms with Crippen LogP contribution in [0.25, 0.3) is 94.2 Å². The largest absolute Gasteiger partial charge is 0.309 e. The summed E-state index contributed by atoms with van der Waals surface area (Å²) in [5, 5.41) is 3.72. The van der Waals surface area contributed by atoms with Gasteiger partial charge in [-0.1, -0.05) is 117 Å². The van der Waals surface area contributed by atoms with Gasteiger partial charge in [-0.25, -0.2) is 4.98 Å². The van der Waals surface area contributed by atoms with Crippen LogP contribution in [0, 0.1) is 0 Å². The maximum atomic E-state index is 5.26. The molecule has 11 rings (SSSR count). The molecule has 0 bridgehead atoms. The van der Waals surface area contributed by atoms with E-state index >= 15 is 0 Å². The molecule has 7 aromatic carbocycles. The monoisotopic (exact) mass is 636 g/mol. The maximum Gasteiger partial charge on any atom is 0.0722 e. The van der Waals surface area contributed by atoms with E-state index in [1.165, 1.54) is 82.8 Å². The lowest BCUT2D eigenvalue weighted by molar-refractivity contribution is 0.660. The standard InChI is InChI=1S/C48H32N2/c1-48(2)41-17-9-8-15-35(41)36-22-19-30(27-42(36)48)29-20-23-45-38(25-29)39-26-31(21-24-46(39)50(45)32-11-4-3-5-12-32)44-28-40-34-14-7-6-13-33(34)37-16-10-18-43(49-44)47(37)40/h3-28H,1-2H3. The molecule has 2 nitrogen and oxygen atoms in total. The summed E-state index contributed by atoms with van der Waals surface area (Å²) in [6, 6.07) is 58.0. The van der Waals surface area contributed by atoms with Crippen LogP contribution in [0.4, 0.5) is 0 Å². The van der Waals surface area contributed by atoms with Crippen LogP contribution in [-0.4, -0.2) is 9.55 Å². The summed E-state index contributed by atoms with van der Waals surface area (Å²) in [5.74, 6) is 0. The van der Waals surface area contributed by atoms with Gasteiger partial charge in [0.2, 0.25) is 0 Å². The predicted molar refractivity (Wildman–Crippen MR) is 209 cm³/mol. The summed E-state index contributed by atoms with van der Waals surface area (Å²) in [4.78, 5) is 5.26. The Morgan fingerprint density at radius 3 is 1.84 bits per heavy atom. The molecule has 0 radical (unpaired) electrons. The number of rotatable bonds is 3. The number of nitrogens with zero attached hydrogens (tertiary/aromatic N) is 2. The Bertz CT molecular complexity index is 2890. The lowest BCUT2D eigenvalue weighted by atomic mass is 9.81. The fourth-order valence-corrected chi connectivity index (χ4v) is 8.93. The molecule has 2 aliphatic rings. The van der Waals surface area contributed by atoms with E-state index in [0.29, 0.717) is 0 Å². The average Bonchev–Trinajstić information content (AvgIpc) is 3.75. The number of pyridine rings is 1. The van der Waals surface area contributed by atoms with Crippen molar-refractivity contribution in [3.05, 3.63) is 169 Å². The van der Waals surface area contributed by atoms with E-state index in [1.807, 2.05) is 0 Å². The molecule has 0 aliphatic heterocycles. The van der Waals surface area contributed by atoms with Gasteiger partial charge in [-0.05, 0) is 110 Å². The third kappa shape index (κ3) is 3.71. The normalized spacial score (nSPS) is 13.6. The van der Waals surface area contributed by atoms with Crippen molar-refractivity contribution in [2.45, 2.75) is 19.3 Å². The lowest BCUT2D eigenvalue weighted by Crippen LogP contribution is -2.14. The van der Waals surface area contributed by atoms with Crippen LogP contribution < -0.4 is 0 Å². The van der Waals surface area contributed by atoms with E-state index in [1.54, 1.807) is 0 Å². The zero-order valence-corrected chi connectivity index (χ0v) is 27.9. The highest BCUT2D eigenvalue weighted by atomic mass is 15.0. The molecule has 0 amide bonds. The van der Waals surface area contributed by atoms with Crippen molar-refractivity contribution in [3.8, 4) is 61.5 Å². The van der Waals surface area contributed by atoms with E-state index in [9.17, 15) is 0 Å². The smallest absolute Gasteiger partial charge is 0.0722 e. The first-order valence-corrected chi connectivity index (χ1v) is 17.5. The minimum atomic E-state index is -0.0429. The first-order chi connectivity index (χ1) is 24.5. The van der Waals surface area contributed by atoms with E-state index in [4.69, 9.17) is 4.98 Å². The molecule has 0 saturated heterocycles. The van der Waals surface area contributed by atoms with Crippen molar-refractivity contribution >= 4 is 32.7 Å². The number of fused-ring (bicyclic) bond motifs is 9. The second-order valence-electron chi connectivity index (χ2n) is 14.4. The van der Waals surface area contributed by atoms with Crippen molar-refractivity contribution in [2.75, 3.05) is 0 Å². The number of hydrogen-bond donors (Lipinski definition) is 0. The summed E-state index contributed by atoms with van der Waals surface area (Å²) >= 11 is 0. The lowest BCUT2D eigenvalue weighted by Gasteiger charge is -2.22. The van der Waals surface area contributed by atoms with Crippen LogP contribution in [0.3, 0.4) is 0 Å². The topological polar surface area (TPSA) is 17.8 Å². The van der Waals surface area contributed by atoms with Gasteiger partial charge < -0.3 is 4.57 Å². The van der Waals surface area contributed by atoms with Gasteiger partial charge >= 0.3 is 0 Å². The fourth-order valence-electron chi connectivity index (χ4n) is 8.93. The predicted octanol–water partition coefficient (Wildman–Crippen LogP) is 12.6. The second-order valence-corrected chi connectivity index (χ2v) is 14.4. The Kier molecular flexibility index (Phi) is 5.48. The van der Waals surface area contributed by atoms with Gasteiger partial charge in [0.15, 0.2) is 0 Å². The molecule has 50 heavy (non-hydrogen) atoms. The fraction of sp³-hybridized carbons (Fsp3) is 0.0625. The Morgan fingerprint density at radius 1 is 0.440 bits per heavy atom. The van der Waals surface area contributed by atoms with Gasteiger partial charge in [-0.3, -0.25) is 0 Å². The van der Waals surface area contributed by atoms with Gasteiger partial charge in [0.1, 0.15) is 0 Å². The Balaban J connectivity index is 1.12. The van der Waals surface area contributed by atoms with Gasteiger partial charge in [-0.2, -0.15) is 0 Å². The Morgan fingerprint density at radius 2 is 1.04 bits per heavy atom. The van der Waals surface area contributed by atoms with E-state index in [0.717, 1.165) is 22.5 Å². The molecular weight excluding hydrogens is 605 g/mol. The van der Waals surface area contributed by atoms with Gasteiger partial charge in [0.25, 0.3) is 0 Å². The summed E-state index contributed by atoms with van der Waals surface area (Å²) in [5.41, 5.74) is 19.8. The molecule has 2 aliphatic carbocycles. The molecule has 2 heteroatoms. The molecule has 0 N–H and O–H groups in total. The number of benzene rings is 7. The molecule has 0 saturated carbocycles. The summed E-state index contributed by atoms with van der Waals surface area (Å²) < 4.78 is 2.40. The van der Waals surface area contributed by atoms with Gasteiger partial charge in [0, 0.05) is 32.8 Å². The zero-order chi connectivity index (χ0) is 33.1. The quantitative estimate of drug-likeness (QED) is 0.189. The van der Waals surface area contributed by atoms with Crippen molar-refractivity contribution in [2.24, 2.45) is 0 Å². The van der Waals surface area contributed by atoms with Crippen molar-refractivity contribution < 1.29 is 0 Å². The second kappa shape index (κ2) is 9.90. The molecule has 0 unspecified atom stereocenters. The van der Waals surface area contributed by atoms with Crippen LogP contribution >= 0.6 is 0 Å². The van der Waals surface area contributed by atoms with Crippen LogP contribution in [0.1, 0.15) is 25.0 Å². The molecule has 234 valence electrons. The molecule has 0 spiro atoms. The number of aromatic nitrogens is 2. The number of para-hydroxylation sites is 1. The molecule has 2 heterocycles. The summed E-state index contributed by atoms with van der Waals surface area (Å²) in [7, 11) is 0. The zero-order valence-electron chi connectivity index (χ0n) is 27.9. The van der Waals surface area contributed by atoms with E-state index in [2.05, 4.69) is 176 Å². The van der Waals surface area contributed by atoms with Crippen molar-refractivity contribution in [1.29, 1.82) is 0 Å². The van der Waals surface area contributed by atoms with E-state index in [-0.39, 0.29) is 5.41 Å². The van der Waals surface area contributed by atoms with Crippen LogP contribution in [-0.2, 0) is 5.41 Å². The Labute approximate surface area is 290 Å². The maximum absolute atomic E-state index is 5.26. The molecular formula is C48H32N2. The van der Waals surface area contributed by atoms with Crippen LogP contribution in [0.15, 0.2) is 158 Å². The van der Waals surface area contributed by atoms with Crippen LogP contribution in [0.2, 0.25) is 0 Å². The average molecular weight is 637 g/mol. The summed E-state index contributed by atoms with van der Waals surface area (Å²) in [6.07, 6.45) is 0. The first-order valence-electron chi connectivity index (χ1n) is 17.5. The highest BCUT2D eigenvalue weighted by Gasteiger charge is 2.35. The molecule has 0 atom stereocenters. The SMILES string of the molecule is CC1(C)c2ccccc2-c2ccc(-c3ccc4c(c3)c3cc(-c5cc6c7c(cccc7n5)-c5ccccc5-6)ccc3n4-c3ccccc3)cc21. The van der Waals surface area contributed by atoms with Crippen LogP contribution in [0.5, 0.6) is 0 Å². The third-order valence-corrected chi connectivity index (χ3v) is 11.3. The summed E-state index contributed by atoms with van der Waals surface area (Å²) in [6.45, 7) is 4.71. The van der Waals surface area contributed by atoms with Crippen molar-refractivity contribution in [3.63, 3.8) is 0 Å². The van der Waals surface area contributed by atoms with Gasteiger partial charge in [0.05, 0.1) is 22.2 Å². The minimum absolute atomic E-state index is 0.0429. The van der Waals surface area contributed by atoms with Crippen molar-refractivity contribution in [1.82, 2.24) is 9.55 Å². The third-order valence-electron chi connectivity index (χ3n) is 11.3. The number of hydrogen-bond acceptors (Lipinski definition) is 1. The highest BCUT2D eigenvalue weighted by Crippen LogP contribution is 2.50. The minimum Gasteiger partial charge on any atom is -0.309 e. The van der Waals surface area contributed by atoms with Gasteiger partial charge in [-0.15, -0.1) is 0 Å².